The van der Waals surface area contributed by atoms with Crippen LogP contribution in [0.4, 0.5) is 13.2 Å². The third-order valence-electron chi connectivity index (χ3n) is 2.70. The van der Waals surface area contributed by atoms with Crippen molar-refractivity contribution < 1.29 is 13.2 Å². The fourth-order valence-electron chi connectivity index (χ4n) is 1.78. The van der Waals surface area contributed by atoms with E-state index >= 15 is 0 Å². The van der Waals surface area contributed by atoms with Gasteiger partial charge in [0.25, 0.3) is 0 Å². The zero-order valence-electron chi connectivity index (χ0n) is 10.1. The predicted octanol–water partition coefficient (Wildman–Crippen LogP) is 6.33. The number of aromatic amines is 1. The van der Waals surface area contributed by atoms with E-state index in [0.717, 1.165) is 12.3 Å². The quantitative estimate of drug-likeness (QED) is 0.432. The Morgan fingerprint density at radius 2 is 1.27 bits per heavy atom. The van der Waals surface area contributed by atoms with Gasteiger partial charge in [-0.1, -0.05) is 58.0 Å². The third-order valence-corrected chi connectivity index (χ3v) is 4.98. The first-order valence-electron chi connectivity index (χ1n) is 5.38. The summed E-state index contributed by atoms with van der Waals surface area (Å²) in [5.41, 5.74) is -3.50. The minimum atomic E-state index is -4.85. The molecule has 2 rings (SSSR count). The number of H-pyrrole nitrogens is 1. The average molecular weight is 411 g/mol. The van der Waals surface area contributed by atoms with Crippen molar-refractivity contribution in [2.45, 2.75) is 6.18 Å². The Hall–Kier alpha value is -0.590. The molecule has 1 aromatic carbocycles. The molecular formula is C12H3Cl5F3NO. The number of benzene rings is 1. The number of rotatable bonds is 1. The van der Waals surface area contributed by atoms with Crippen LogP contribution in [0, 0.1) is 0 Å². The van der Waals surface area contributed by atoms with Crippen LogP contribution in [0.3, 0.4) is 0 Å². The van der Waals surface area contributed by atoms with Gasteiger partial charge in [-0.25, -0.2) is 0 Å². The fraction of sp³-hybridized carbons (Fsp3) is 0.0833. The van der Waals surface area contributed by atoms with Crippen molar-refractivity contribution in [1.82, 2.24) is 4.98 Å². The predicted molar refractivity (Wildman–Crippen MR) is 82.6 cm³/mol. The Bertz CT molecular complexity index is 787. The summed E-state index contributed by atoms with van der Waals surface area (Å²) in [5.74, 6) is 0. The van der Waals surface area contributed by atoms with E-state index in [2.05, 4.69) is 0 Å². The van der Waals surface area contributed by atoms with Crippen molar-refractivity contribution in [3.05, 3.63) is 53.3 Å². The van der Waals surface area contributed by atoms with E-state index in [4.69, 9.17) is 58.0 Å². The molecule has 118 valence electrons. The normalized spacial score (nSPS) is 11.8. The number of hydrogen-bond donors (Lipinski definition) is 1. The molecule has 0 spiro atoms. The van der Waals surface area contributed by atoms with Gasteiger partial charge in [-0.05, 0) is 0 Å². The molecule has 1 N–H and O–H groups in total. The molecule has 2 aromatic rings. The topological polar surface area (TPSA) is 32.9 Å². The Morgan fingerprint density at radius 1 is 0.818 bits per heavy atom. The lowest BCUT2D eigenvalue weighted by Crippen LogP contribution is -2.17. The lowest BCUT2D eigenvalue weighted by Gasteiger charge is -2.16. The van der Waals surface area contributed by atoms with Crippen molar-refractivity contribution in [2.75, 3.05) is 0 Å². The SMILES string of the molecule is O=c1cc[nH]c(C(F)(F)F)c1-c1c(Cl)c(Cl)c(Cl)c(Cl)c1Cl. The number of halogens is 8. The number of nitrogens with one attached hydrogen (secondary N) is 1. The van der Waals surface area contributed by atoms with Gasteiger partial charge in [-0.15, -0.1) is 0 Å². The maximum absolute atomic E-state index is 13.1. The van der Waals surface area contributed by atoms with Crippen molar-refractivity contribution in [3.8, 4) is 11.1 Å². The molecule has 0 atom stereocenters. The fourth-order valence-corrected chi connectivity index (χ4v) is 3.10. The van der Waals surface area contributed by atoms with E-state index in [-0.39, 0.29) is 15.1 Å². The van der Waals surface area contributed by atoms with E-state index < -0.39 is 38.5 Å². The monoisotopic (exact) mass is 409 g/mol. The number of pyridine rings is 1. The molecule has 0 radical (unpaired) electrons. The highest BCUT2D eigenvalue weighted by molar-refractivity contribution is 6.56. The second-order valence-corrected chi connectivity index (χ2v) is 5.92. The molecule has 2 nitrogen and oxygen atoms in total. The summed E-state index contributed by atoms with van der Waals surface area (Å²) in [5, 5.41) is -1.62. The standard InChI is InChI=1S/C12H3Cl5F3NO/c13-6-5(7(14)9(16)10(17)8(6)15)4-3(22)1-2-21-11(4)12(18,19)20/h1-2H,(H,21,22). The third kappa shape index (κ3) is 2.93. The molecule has 0 unspecified atom stereocenters. The Morgan fingerprint density at radius 3 is 1.73 bits per heavy atom. The largest absolute Gasteiger partial charge is 0.431 e. The van der Waals surface area contributed by atoms with Crippen LogP contribution in [0.1, 0.15) is 5.69 Å². The van der Waals surface area contributed by atoms with Gasteiger partial charge < -0.3 is 4.98 Å². The van der Waals surface area contributed by atoms with Gasteiger partial charge in [-0.2, -0.15) is 13.2 Å². The second kappa shape index (κ2) is 6.13. The highest BCUT2D eigenvalue weighted by Crippen LogP contribution is 2.49. The van der Waals surface area contributed by atoms with Crippen LogP contribution >= 0.6 is 58.0 Å². The Labute approximate surface area is 146 Å². The zero-order valence-corrected chi connectivity index (χ0v) is 13.9. The van der Waals surface area contributed by atoms with Crippen molar-refractivity contribution in [2.24, 2.45) is 0 Å². The molecule has 0 fully saturated rings. The maximum Gasteiger partial charge on any atom is 0.431 e. The lowest BCUT2D eigenvalue weighted by molar-refractivity contribution is -0.140. The molecule has 0 bridgehead atoms. The van der Waals surface area contributed by atoms with Crippen LogP contribution in [-0.2, 0) is 6.18 Å². The highest BCUT2D eigenvalue weighted by Gasteiger charge is 2.37. The van der Waals surface area contributed by atoms with E-state index in [1.807, 2.05) is 4.98 Å². The number of hydrogen-bond acceptors (Lipinski definition) is 1. The summed E-state index contributed by atoms with van der Waals surface area (Å²) in [6.45, 7) is 0. The molecule has 0 saturated carbocycles. The summed E-state index contributed by atoms with van der Waals surface area (Å²) < 4.78 is 39.3. The van der Waals surface area contributed by atoms with Crippen LogP contribution in [0.25, 0.3) is 11.1 Å². The molecule has 0 aliphatic carbocycles. The molecular weight excluding hydrogens is 408 g/mol. The van der Waals surface area contributed by atoms with Gasteiger partial charge in [0.2, 0.25) is 0 Å². The summed E-state index contributed by atoms with van der Waals surface area (Å²) in [6, 6.07) is 0.896. The van der Waals surface area contributed by atoms with Gasteiger partial charge in [0, 0.05) is 17.8 Å². The molecule has 1 aromatic heterocycles. The van der Waals surface area contributed by atoms with Crippen LogP contribution in [0.15, 0.2) is 17.1 Å². The van der Waals surface area contributed by atoms with Gasteiger partial charge in [-0.3, -0.25) is 4.79 Å². The van der Waals surface area contributed by atoms with E-state index in [9.17, 15) is 18.0 Å². The first-order valence-corrected chi connectivity index (χ1v) is 7.27. The minimum Gasteiger partial charge on any atom is -0.357 e. The van der Waals surface area contributed by atoms with Crippen molar-refractivity contribution >= 4 is 58.0 Å². The number of alkyl halides is 3. The summed E-state index contributed by atoms with van der Waals surface area (Å²) in [6.07, 6.45) is -3.99. The molecule has 0 aliphatic rings. The summed E-state index contributed by atoms with van der Waals surface area (Å²) >= 11 is 29.3. The molecule has 0 saturated heterocycles. The van der Waals surface area contributed by atoms with E-state index in [0.29, 0.717) is 0 Å². The van der Waals surface area contributed by atoms with Crippen LogP contribution in [0.5, 0.6) is 0 Å². The lowest BCUT2D eigenvalue weighted by atomic mass is 10.0. The average Bonchev–Trinajstić information content (AvgIpc) is 2.43. The van der Waals surface area contributed by atoms with Gasteiger partial charge >= 0.3 is 6.18 Å². The van der Waals surface area contributed by atoms with Crippen LogP contribution in [0.2, 0.25) is 25.1 Å². The van der Waals surface area contributed by atoms with Crippen LogP contribution in [-0.4, -0.2) is 4.98 Å². The van der Waals surface area contributed by atoms with Crippen molar-refractivity contribution in [1.29, 1.82) is 0 Å². The van der Waals surface area contributed by atoms with Crippen molar-refractivity contribution in [3.63, 3.8) is 0 Å². The molecule has 10 heteroatoms. The van der Waals surface area contributed by atoms with E-state index in [1.54, 1.807) is 0 Å². The van der Waals surface area contributed by atoms with Crippen LogP contribution < -0.4 is 5.43 Å². The van der Waals surface area contributed by atoms with Gasteiger partial charge in [0.15, 0.2) is 5.43 Å². The highest BCUT2D eigenvalue weighted by atomic mass is 35.5. The van der Waals surface area contributed by atoms with Gasteiger partial charge in [0.05, 0.1) is 30.7 Å². The summed E-state index contributed by atoms with van der Waals surface area (Å²) in [4.78, 5) is 13.9. The Kier molecular flexibility index (Phi) is 4.95. The molecule has 1 heterocycles. The second-order valence-electron chi connectivity index (χ2n) is 4.03. The summed E-state index contributed by atoms with van der Waals surface area (Å²) in [7, 11) is 0. The smallest absolute Gasteiger partial charge is 0.357 e. The molecule has 0 amide bonds. The minimum absolute atomic E-state index is 0.219. The van der Waals surface area contributed by atoms with E-state index in [1.165, 1.54) is 0 Å². The number of aromatic nitrogens is 1. The molecule has 0 aliphatic heterocycles. The first-order chi connectivity index (χ1) is 10.1. The van der Waals surface area contributed by atoms with Gasteiger partial charge in [0.1, 0.15) is 5.69 Å². The maximum atomic E-state index is 13.1. The Balaban J connectivity index is 3.00. The zero-order chi connectivity index (χ0) is 16.8. The first kappa shape index (κ1) is 17.8. The molecule has 22 heavy (non-hydrogen) atoms.